The highest BCUT2D eigenvalue weighted by atomic mass is 19.2. The van der Waals surface area contributed by atoms with E-state index in [-0.39, 0.29) is 35.6 Å². The Labute approximate surface area is 239 Å². The molecule has 0 aliphatic carbocycles. The van der Waals surface area contributed by atoms with E-state index in [4.69, 9.17) is 14.3 Å². The van der Waals surface area contributed by atoms with E-state index >= 15 is 0 Å². The van der Waals surface area contributed by atoms with Gasteiger partial charge in [0.05, 0.1) is 18.5 Å². The summed E-state index contributed by atoms with van der Waals surface area (Å²) in [6.07, 6.45) is -1.25. The number of carbonyl (C=O) groups excluding carboxylic acids is 2. The molecule has 0 spiro atoms. The molecule has 228 valence electrons. The SMILES string of the molecule is CC(=O)O[C@@H]1[C@@H](n2cc(-c3cc(F)c(F)c(F)c3)nn2)[C@@H](O)[C@@H](CO)O[C@@H]1CC1=NO[C@H](C2CCN(C(C)=O)CC2)C1. The van der Waals surface area contributed by atoms with Gasteiger partial charge in [0.25, 0.3) is 0 Å². The van der Waals surface area contributed by atoms with E-state index in [2.05, 4.69) is 15.5 Å². The fraction of sp³-hybridized carbons (Fsp3) is 0.593. The van der Waals surface area contributed by atoms with Gasteiger partial charge in [0.2, 0.25) is 5.91 Å². The van der Waals surface area contributed by atoms with Crippen molar-refractivity contribution in [2.75, 3.05) is 19.7 Å². The van der Waals surface area contributed by atoms with Crippen molar-refractivity contribution in [1.29, 1.82) is 0 Å². The second-order valence-corrected chi connectivity index (χ2v) is 10.8. The van der Waals surface area contributed by atoms with E-state index in [9.17, 15) is 33.0 Å². The number of aliphatic hydroxyl groups is 2. The first-order valence-corrected chi connectivity index (χ1v) is 13.7. The molecule has 0 bridgehead atoms. The molecule has 42 heavy (non-hydrogen) atoms. The fourth-order valence-electron chi connectivity index (χ4n) is 5.88. The molecular weight excluding hydrogens is 563 g/mol. The maximum absolute atomic E-state index is 13.8. The summed E-state index contributed by atoms with van der Waals surface area (Å²) in [5, 5.41) is 33.2. The number of rotatable bonds is 7. The molecule has 2 fully saturated rings. The van der Waals surface area contributed by atoms with E-state index in [0.29, 0.717) is 25.2 Å². The summed E-state index contributed by atoms with van der Waals surface area (Å²) in [4.78, 5) is 31.3. The van der Waals surface area contributed by atoms with Crippen molar-refractivity contribution in [1.82, 2.24) is 19.9 Å². The van der Waals surface area contributed by atoms with Crippen LogP contribution in [0.15, 0.2) is 23.5 Å². The van der Waals surface area contributed by atoms with E-state index in [1.54, 1.807) is 11.8 Å². The Morgan fingerprint density at radius 1 is 1.12 bits per heavy atom. The summed E-state index contributed by atoms with van der Waals surface area (Å²) in [5.41, 5.74) is 0.507. The minimum absolute atomic E-state index is 0.0302. The lowest BCUT2D eigenvalue weighted by atomic mass is 9.86. The van der Waals surface area contributed by atoms with Gasteiger partial charge < -0.3 is 29.4 Å². The molecule has 1 amide bonds. The van der Waals surface area contributed by atoms with Crippen LogP contribution in [0.2, 0.25) is 0 Å². The number of amides is 1. The summed E-state index contributed by atoms with van der Waals surface area (Å²) in [6, 6.07) is 0.402. The summed E-state index contributed by atoms with van der Waals surface area (Å²) < 4.78 is 53.9. The van der Waals surface area contributed by atoms with Gasteiger partial charge in [-0.2, -0.15) is 0 Å². The van der Waals surface area contributed by atoms with Crippen LogP contribution < -0.4 is 0 Å². The van der Waals surface area contributed by atoms with Crippen LogP contribution in [-0.2, 0) is 23.9 Å². The number of aliphatic hydroxyl groups excluding tert-OH is 2. The number of ether oxygens (including phenoxy) is 2. The van der Waals surface area contributed by atoms with Crippen LogP contribution in [0.1, 0.15) is 45.6 Å². The first-order valence-electron chi connectivity index (χ1n) is 13.7. The number of aromatic nitrogens is 3. The standard InChI is InChI=1S/C27H32F3N5O7/c1-13(37)34-5-3-15(4-6-34)21-9-17(32-42-21)10-22-27(40-14(2)38)25(26(39)23(12-36)41-22)35-11-20(31-33-35)16-7-18(28)24(30)19(29)8-16/h7-8,11,15,21-23,25-27,36,39H,3-6,9-10,12H2,1-2H3/t21-,22+,23+,25-,26-,27-/m0/s1. The van der Waals surface area contributed by atoms with Gasteiger partial charge in [0.15, 0.2) is 23.6 Å². The number of hydrogen-bond acceptors (Lipinski definition) is 10. The van der Waals surface area contributed by atoms with Crippen LogP contribution in [0.5, 0.6) is 0 Å². The number of nitrogens with zero attached hydrogens (tertiary/aromatic N) is 5. The second-order valence-electron chi connectivity index (χ2n) is 10.8. The van der Waals surface area contributed by atoms with Gasteiger partial charge in [-0.3, -0.25) is 9.59 Å². The number of piperidine rings is 1. The lowest BCUT2D eigenvalue weighted by molar-refractivity contribution is -0.216. The number of hydrogen-bond donors (Lipinski definition) is 2. The Balaban J connectivity index is 1.35. The third-order valence-electron chi connectivity index (χ3n) is 8.06. The Kier molecular flexibility index (Phi) is 8.80. The van der Waals surface area contributed by atoms with Crippen LogP contribution in [0.4, 0.5) is 13.2 Å². The van der Waals surface area contributed by atoms with Crippen molar-refractivity contribution in [3.63, 3.8) is 0 Å². The molecule has 2 N–H and O–H groups in total. The largest absolute Gasteiger partial charge is 0.457 e. The lowest BCUT2D eigenvalue weighted by Gasteiger charge is -2.43. The van der Waals surface area contributed by atoms with Crippen molar-refractivity contribution < 1.29 is 47.3 Å². The molecular formula is C27H32F3N5O7. The summed E-state index contributed by atoms with van der Waals surface area (Å²) in [7, 11) is 0. The highest BCUT2D eigenvalue weighted by Crippen LogP contribution is 2.36. The van der Waals surface area contributed by atoms with E-state index in [1.165, 1.54) is 17.8 Å². The smallest absolute Gasteiger partial charge is 0.303 e. The zero-order chi connectivity index (χ0) is 30.1. The zero-order valence-corrected chi connectivity index (χ0v) is 23.0. The number of carbonyl (C=O) groups is 2. The Morgan fingerprint density at radius 2 is 1.81 bits per heavy atom. The Bertz CT molecular complexity index is 1330. The third kappa shape index (κ3) is 6.13. The molecule has 2 aromatic rings. The lowest BCUT2D eigenvalue weighted by Crippen LogP contribution is -2.57. The molecule has 0 radical (unpaired) electrons. The van der Waals surface area contributed by atoms with E-state index in [1.807, 2.05) is 0 Å². The Hall–Kier alpha value is -3.56. The highest BCUT2D eigenvalue weighted by molar-refractivity contribution is 5.86. The summed E-state index contributed by atoms with van der Waals surface area (Å²) in [6.45, 7) is 3.45. The van der Waals surface area contributed by atoms with Gasteiger partial charge in [-0.15, -0.1) is 5.10 Å². The number of benzene rings is 1. The summed E-state index contributed by atoms with van der Waals surface area (Å²) >= 11 is 0. The van der Waals surface area contributed by atoms with Crippen LogP contribution in [0, 0.1) is 23.4 Å². The maximum atomic E-state index is 13.8. The molecule has 4 heterocycles. The zero-order valence-electron chi connectivity index (χ0n) is 23.0. The van der Waals surface area contributed by atoms with Crippen LogP contribution >= 0.6 is 0 Å². The number of oxime groups is 1. The van der Waals surface area contributed by atoms with Gasteiger partial charge in [-0.05, 0) is 25.0 Å². The number of likely N-dealkylation sites (tertiary alicyclic amines) is 1. The van der Waals surface area contributed by atoms with Crippen LogP contribution in [-0.4, -0.2) is 97.9 Å². The normalized spacial score (nSPS) is 28.4. The highest BCUT2D eigenvalue weighted by Gasteiger charge is 2.49. The molecule has 12 nitrogen and oxygen atoms in total. The monoisotopic (exact) mass is 595 g/mol. The number of esters is 1. The van der Waals surface area contributed by atoms with Crippen molar-refractivity contribution >= 4 is 17.6 Å². The minimum atomic E-state index is -1.63. The molecule has 5 rings (SSSR count). The quantitative estimate of drug-likeness (QED) is 0.361. The van der Waals surface area contributed by atoms with Gasteiger partial charge in [0, 0.05) is 51.3 Å². The molecule has 0 saturated carbocycles. The van der Waals surface area contributed by atoms with Crippen LogP contribution in [0.25, 0.3) is 11.3 Å². The summed E-state index contributed by atoms with van der Waals surface area (Å²) in [5.74, 6) is -4.88. The van der Waals surface area contributed by atoms with Crippen molar-refractivity contribution in [3.8, 4) is 11.3 Å². The first-order chi connectivity index (χ1) is 20.0. The molecule has 1 aromatic heterocycles. The topological polar surface area (TPSA) is 149 Å². The van der Waals surface area contributed by atoms with Crippen LogP contribution in [0.3, 0.4) is 0 Å². The maximum Gasteiger partial charge on any atom is 0.303 e. The van der Waals surface area contributed by atoms with Gasteiger partial charge in [-0.1, -0.05) is 10.4 Å². The first kappa shape index (κ1) is 29.9. The van der Waals surface area contributed by atoms with E-state index in [0.717, 1.165) is 25.0 Å². The molecule has 15 heteroatoms. The third-order valence-corrected chi connectivity index (χ3v) is 8.06. The van der Waals surface area contributed by atoms with Crippen molar-refractivity contribution in [3.05, 3.63) is 35.8 Å². The molecule has 3 aliphatic rings. The van der Waals surface area contributed by atoms with Gasteiger partial charge in [-0.25, -0.2) is 17.9 Å². The molecule has 3 aliphatic heterocycles. The molecule has 2 saturated heterocycles. The van der Waals surface area contributed by atoms with Gasteiger partial charge >= 0.3 is 5.97 Å². The Morgan fingerprint density at radius 3 is 2.43 bits per heavy atom. The average molecular weight is 596 g/mol. The van der Waals surface area contributed by atoms with Gasteiger partial charge in [0.1, 0.15) is 36.2 Å². The number of halogens is 3. The predicted octanol–water partition coefficient (Wildman–Crippen LogP) is 1.75. The molecule has 1 aromatic carbocycles. The predicted molar refractivity (Wildman–Crippen MR) is 138 cm³/mol. The van der Waals surface area contributed by atoms with Crippen molar-refractivity contribution in [2.24, 2.45) is 11.1 Å². The average Bonchev–Trinajstić information content (AvgIpc) is 3.63. The second kappa shape index (κ2) is 12.4. The molecule has 6 atom stereocenters. The fourth-order valence-corrected chi connectivity index (χ4v) is 5.88. The minimum Gasteiger partial charge on any atom is -0.457 e. The van der Waals surface area contributed by atoms with Crippen molar-refractivity contribution in [2.45, 2.75) is 76.1 Å². The van der Waals surface area contributed by atoms with E-state index < -0.39 is 60.5 Å². The molecule has 0 unspecified atom stereocenters.